The van der Waals surface area contributed by atoms with E-state index >= 15 is 0 Å². The predicted octanol–water partition coefficient (Wildman–Crippen LogP) is 2.66. The van der Waals surface area contributed by atoms with E-state index in [2.05, 4.69) is 4.72 Å². The molecule has 3 rings (SSSR count). The van der Waals surface area contributed by atoms with Gasteiger partial charge in [0.25, 0.3) is 0 Å². The Morgan fingerprint density at radius 1 is 1.12 bits per heavy atom. The van der Waals surface area contributed by atoms with E-state index in [9.17, 15) is 13.2 Å². The van der Waals surface area contributed by atoms with Crippen molar-refractivity contribution in [2.45, 2.75) is 24.8 Å². The van der Waals surface area contributed by atoms with Crippen LogP contribution < -0.4 is 14.2 Å². The van der Waals surface area contributed by atoms with Crippen LogP contribution in [-0.2, 0) is 10.0 Å². The number of hydrogen-bond acceptors (Lipinski definition) is 5. The number of Topliss-reactive ketones (excluding diaryl/α,β-unsaturated/α-hetero) is 1. The van der Waals surface area contributed by atoms with Crippen molar-refractivity contribution in [1.82, 2.24) is 4.72 Å². The summed E-state index contributed by atoms with van der Waals surface area (Å²) in [6, 6.07) is 10.8. The summed E-state index contributed by atoms with van der Waals surface area (Å²) in [4.78, 5) is 11.5. The molecule has 0 unspecified atom stereocenters. The number of hydrogen-bond donors (Lipinski definition) is 1. The molecule has 0 fully saturated rings. The summed E-state index contributed by atoms with van der Waals surface area (Å²) >= 11 is 0. The Kier molecular flexibility index (Phi) is 4.29. The van der Waals surface area contributed by atoms with E-state index in [-0.39, 0.29) is 17.5 Å². The first-order chi connectivity index (χ1) is 11.4. The van der Waals surface area contributed by atoms with Crippen molar-refractivity contribution in [3.63, 3.8) is 0 Å². The minimum absolute atomic E-state index is 0.0581. The second-order valence-electron chi connectivity index (χ2n) is 5.54. The molecule has 0 spiro atoms. The van der Waals surface area contributed by atoms with Gasteiger partial charge in [0.1, 0.15) is 0 Å². The van der Waals surface area contributed by atoms with Crippen LogP contribution in [0.2, 0.25) is 0 Å². The van der Waals surface area contributed by atoms with Crippen molar-refractivity contribution in [2.75, 3.05) is 6.79 Å². The Morgan fingerprint density at radius 3 is 2.62 bits per heavy atom. The Hall–Kier alpha value is -2.38. The zero-order chi connectivity index (χ0) is 17.3. The van der Waals surface area contributed by atoms with Crippen LogP contribution in [0.1, 0.15) is 35.8 Å². The lowest BCUT2D eigenvalue weighted by Gasteiger charge is -2.15. The molecule has 0 aliphatic carbocycles. The molecule has 2 aromatic rings. The molecule has 1 aliphatic rings. The van der Waals surface area contributed by atoms with Crippen molar-refractivity contribution in [3.8, 4) is 11.5 Å². The van der Waals surface area contributed by atoms with Crippen molar-refractivity contribution in [1.29, 1.82) is 0 Å². The van der Waals surface area contributed by atoms with Crippen molar-refractivity contribution in [3.05, 3.63) is 53.6 Å². The number of nitrogens with one attached hydrogen (secondary N) is 1. The number of carbonyl (C=O) groups excluding carboxylic acids is 1. The first-order valence-corrected chi connectivity index (χ1v) is 8.88. The van der Waals surface area contributed by atoms with Gasteiger partial charge in [0.15, 0.2) is 17.3 Å². The van der Waals surface area contributed by atoms with Gasteiger partial charge in [-0.1, -0.05) is 18.2 Å². The number of rotatable bonds is 5. The zero-order valence-corrected chi connectivity index (χ0v) is 14.1. The molecule has 7 heteroatoms. The SMILES string of the molecule is CC(=O)c1cccc(S(=O)(=O)N[C@H](C)c2ccc3c(c2)OCO3)c1. The maximum atomic E-state index is 12.5. The van der Waals surface area contributed by atoms with Gasteiger partial charge in [0, 0.05) is 11.6 Å². The zero-order valence-electron chi connectivity index (χ0n) is 13.3. The van der Waals surface area contributed by atoms with Gasteiger partial charge < -0.3 is 9.47 Å². The second-order valence-corrected chi connectivity index (χ2v) is 7.25. The molecule has 0 saturated carbocycles. The van der Waals surface area contributed by atoms with Gasteiger partial charge in [-0.25, -0.2) is 13.1 Å². The van der Waals surface area contributed by atoms with Gasteiger partial charge in [0.2, 0.25) is 16.8 Å². The van der Waals surface area contributed by atoms with Crippen LogP contribution in [0, 0.1) is 0 Å². The molecule has 6 nitrogen and oxygen atoms in total. The van der Waals surface area contributed by atoms with E-state index in [0.717, 1.165) is 5.56 Å². The molecule has 0 saturated heterocycles. The highest BCUT2D eigenvalue weighted by atomic mass is 32.2. The third kappa shape index (κ3) is 3.27. The van der Waals surface area contributed by atoms with Gasteiger partial charge in [0.05, 0.1) is 4.90 Å². The third-order valence-corrected chi connectivity index (χ3v) is 5.32. The first-order valence-electron chi connectivity index (χ1n) is 7.40. The Morgan fingerprint density at radius 2 is 1.88 bits per heavy atom. The number of fused-ring (bicyclic) bond motifs is 1. The minimum Gasteiger partial charge on any atom is -0.454 e. The van der Waals surface area contributed by atoms with E-state index < -0.39 is 16.1 Å². The van der Waals surface area contributed by atoms with E-state index in [4.69, 9.17) is 9.47 Å². The fourth-order valence-corrected chi connectivity index (χ4v) is 3.71. The van der Waals surface area contributed by atoms with Gasteiger partial charge in [-0.2, -0.15) is 0 Å². The first kappa shape index (κ1) is 16.5. The number of sulfonamides is 1. The summed E-state index contributed by atoms with van der Waals surface area (Å²) < 4.78 is 38.3. The molecule has 0 bridgehead atoms. The van der Waals surface area contributed by atoms with E-state index in [1.807, 2.05) is 0 Å². The summed E-state index contributed by atoms with van der Waals surface area (Å²) in [6.45, 7) is 3.30. The minimum atomic E-state index is -3.75. The summed E-state index contributed by atoms with van der Waals surface area (Å²) in [7, 11) is -3.75. The van der Waals surface area contributed by atoms with Gasteiger partial charge in [-0.3, -0.25) is 4.79 Å². The highest BCUT2D eigenvalue weighted by Gasteiger charge is 2.21. The molecule has 0 radical (unpaired) electrons. The lowest BCUT2D eigenvalue weighted by molar-refractivity contribution is 0.101. The average Bonchev–Trinajstić information content (AvgIpc) is 3.02. The largest absolute Gasteiger partial charge is 0.454 e. The number of ether oxygens (including phenoxy) is 2. The molecule has 24 heavy (non-hydrogen) atoms. The number of ketones is 1. The fraction of sp³-hybridized carbons (Fsp3) is 0.235. The number of benzene rings is 2. The maximum Gasteiger partial charge on any atom is 0.241 e. The van der Waals surface area contributed by atoms with E-state index in [1.165, 1.54) is 19.1 Å². The third-order valence-electron chi connectivity index (χ3n) is 3.78. The molecule has 0 aromatic heterocycles. The fourth-order valence-electron chi connectivity index (χ4n) is 2.43. The van der Waals surface area contributed by atoms with Crippen LogP contribution in [0.15, 0.2) is 47.4 Å². The van der Waals surface area contributed by atoms with Crippen LogP contribution in [0.5, 0.6) is 11.5 Å². The Balaban J connectivity index is 1.83. The van der Waals surface area contributed by atoms with Gasteiger partial charge in [-0.05, 0) is 43.7 Å². The predicted molar refractivity (Wildman–Crippen MR) is 87.7 cm³/mol. The molecular weight excluding hydrogens is 330 g/mol. The van der Waals surface area contributed by atoms with Crippen LogP contribution in [0.25, 0.3) is 0 Å². The summed E-state index contributed by atoms with van der Waals surface area (Å²) in [5.74, 6) is 1.05. The summed E-state index contributed by atoms with van der Waals surface area (Å²) in [5, 5.41) is 0. The van der Waals surface area contributed by atoms with Crippen LogP contribution in [0.4, 0.5) is 0 Å². The van der Waals surface area contributed by atoms with Crippen molar-refractivity contribution in [2.24, 2.45) is 0 Å². The van der Waals surface area contributed by atoms with E-state index in [0.29, 0.717) is 17.1 Å². The van der Waals surface area contributed by atoms with Crippen molar-refractivity contribution >= 4 is 15.8 Å². The molecule has 1 atom stereocenters. The molecule has 1 aliphatic heterocycles. The van der Waals surface area contributed by atoms with E-state index in [1.54, 1.807) is 37.3 Å². The lowest BCUT2D eigenvalue weighted by Crippen LogP contribution is -2.27. The summed E-state index contributed by atoms with van der Waals surface area (Å²) in [5.41, 5.74) is 1.11. The topological polar surface area (TPSA) is 81.7 Å². The summed E-state index contributed by atoms with van der Waals surface area (Å²) in [6.07, 6.45) is 0. The highest BCUT2D eigenvalue weighted by Crippen LogP contribution is 2.34. The normalized spacial score (nSPS) is 14.4. The second kappa shape index (κ2) is 6.26. The van der Waals surface area contributed by atoms with Crippen LogP contribution >= 0.6 is 0 Å². The molecule has 2 aromatic carbocycles. The molecular formula is C17H17NO5S. The number of carbonyl (C=O) groups is 1. The lowest BCUT2D eigenvalue weighted by atomic mass is 10.1. The molecule has 126 valence electrons. The van der Waals surface area contributed by atoms with Crippen molar-refractivity contribution < 1.29 is 22.7 Å². The monoisotopic (exact) mass is 347 g/mol. The molecule has 1 N–H and O–H groups in total. The Bertz CT molecular complexity index is 892. The standard InChI is InChI=1S/C17H17NO5S/c1-11(13-6-7-16-17(9-13)23-10-22-16)18-24(20,21)15-5-3-4-14(8-15)12(2)19/h3-9,11,18H,10H2,1-2H3/t11-/m1/s1. The smallest absolute Gasteiger partial charge is 0.241 e. The van der Waals surface area contributed by atoms with Crippen LogP contribution in [-0.4, -0.2) is 21.0 Å². The average molecular weight is 347 g/mol. The van der Waals surface area contributed by atoms with Gasteiger partial charge in [-0.15, -0.1) is 0 Å². The van der Waals surface area contributed by atoms with Crippen LogP contribution in [0.3, 0.4) is 0 Å². The van der Waals surface area contributed by atoms with Gasteiger partial charge >= 0.3 is 0 Å². The molecule has 0 amide bonds. The molecule has 1 heterocycles. The Labute approximate surface area is 140 Å². The highest BCUT2D eigenvalue weighted by molar-refractivity contribution is 7.89. The quantitative estimate of drug-likeness (QED) is 0.841. The maximum absolute atomic E-state index is 12.5.